The molecule has 2 aromatic carbocycles. The number of esters is 1. The van der Waals surface area contributed by atoms with Crippen molar-refractivity contribution in [1.82, 2.24) is 0 Å². The molecule has 0 radical (unpaired) electrons. The molecule has 26 heavy (non-hydrogen) atoms. The largest absolute Gasteiger partial charge is 0.473 e. The summed E-state index contributed by atoms with van der Waals surface area (Å²) in [4.78, 5) is 26.0. The molecule has 6 nitrogen and oxygen atoms in total. The first-order valence-corrected chi connectivity index (χ1v) is 8.19. The van der Waals surface area contributed by atoms with Gasteiger partial charge in [-0.25, -0.2) is 9.59 Å². The Morgan fingerprint density at radius 2 is 1.92 bits per heavy atom. The summed E-state index contributed by atoms with van der Waals surface area (Å²) >= 11 is 0. The van der Waals surface area contributed by atoms with Gasteiger partial charge in [-0.05, 0) is 37.3 Å². The van der Waals surface area contributed by atoms with Crippen molar-refractivity contribution in [3.63, 3.8) is 0 Å². The maximum absolute atomic E-state index is 12.2. The number of fused-ring (bicyclic) bond motifs is 3. The Morgan fingerprint density at radius 3 is 2.65 bits per heavy atom. The lowest BCUT2D eigenvalue weighted by molar-refractivity contribution is 0.0596. The predicted octanol–water partition coefficient (Wildman–Crippen LogP) is 3.24. The number of hydrogen-bond donors (Lipinski definition) is 0. The standard InChI is InChI=1S/C20H17NO5/c1-12-3-6-14(7-4-12)21-10-16-17(25-11-21)8-5-13-9-15(19(22)24-2)20(23)26-18(13)16/h3-9H,10-11H2,1-2H3. The van der Waals surface area contributed by atoms with Crippen LogP contribution >= 0.6 is 0 Å². The van der Waals surface area contributed by atoms with E-state index >= 15 is 0 Å². The Morgan fingerprint density at radius 1 is 1.15 bits per heavy atom. The minimum Gasteiger partial charge on any atom is -0.473 e. The molecule has 0 amide bonds. The number of hydrogen-bond acceptors (Lipinski definition) is 6. The van der Waals surface area contributed by atoms with Gasteiger partial charge < -0.3 is 18.8 Å². The number of carbonyl (C=O) groups excluding carboxylic acids is 1. The lowest BCUT2D eigenvalue weighted by atomic mass is 10.1. The van der Waals surface area contributed by atoms with E-state index in [0.717, 1.165) is 11.3 Å². The molecule has 4 rings (SSSR count). The van der Waals surface area contributed by atoms with E-state index in [1.165, 1.54) is 18.7 Å². The van der Waals surface area contributed by atoms with Gasteiger partial charge in [-0.1, -0.05) is 17.7 Å². The topological polar surface area (TPSA) is 69.0 Å². The van der Waals surface area contributed by atoms with Gasteiger partial charge in [-0.3, -0.25) is 0 Å². The van der Waals surface area contributed by atoms with Crippen molar-refractivity contribution in [1.29, 1.82) is 0 Å². The van der Waals surface area contributed by atoms with Gasteiger partial charge in [0.1, 0.15) is 16.9 Å². The molecule has 1 aliphatic rings. The molecule has 6 heteroatoms. The molecule has 2 heterocycles. The van der Waals surface area contributed by atoms with Gasteiger partial charge in [-0.15, -0.1) is 0 Å². The maximum atomic E-state index is 12.2. The van der Waals surface area contributed by atoms with Crippen LogP contribution in [0.1, 0.15) is 21.5 Å². The highest BCUT2D eigenvalue weighted by atomic mass is 16.5. The zero-order chi connectivity index (χ0) is 18.3. The SMILES string of the molecule is COC(=O)c1cc2ccc3c(c2oc1=O)CN(c1ccc(C)cc1)CO3. The van der Waals surface area contributed by atoms with E-state index < -0.39 is 11.6 Å². The Balaban J connectivity index is 1.79. The van der Waals surface area contributed by atoms with Crippen LogP contribution in [0.25, 0.3) is 11.0 Å². The van der Waals surface area contributed by atoms with Crippen molar-refractivity contribution >= 4 is 22.6 Å². The molecule has 1 aliphatic heterocycles. The Labute approximate surface area is 149 Å². The molecule has 0 saturated heterocycles. The summed E-state index contributed by atoms with van der Waals surface area (Å²) in [6, 6.07) is 13.2. The summed E-state index contributed by atoms with van der Waals surface area (Å²) in [6.45, 7) is 2.98. The quantitative estimate of drug-likeness (QED) is 0.521. The molecule has 0 aliphatic carbocycles. The summed E-state index contributed by atoms with van der Waals surface area (Å²) in [7, 11) is 1.23. The lowest BCUT2D eigenvalue weighted by Crippen LogP contribution is -2.32. The van der Waals surface area contributed by atoms with Crippen LogP contribution in [0, 0.1) is 6.92 Å². The summed E-state index contributed by atoms with van der Waals surface area (Å²) in [5.41, 5.74) is 2.57. The monoisotopic (exact) mass is 351 g/mol. The number of methoxy groups -OCH3 is 1. The Bertz CT molecular complexity index is 1050. The average Bonchev–Trinajstić information content (AvgIpc) is 2.67. The summed E-state index contributed by atoms with van der Waals surface area (Å²) in [6.07, 6.45) is 0. The first-order valence-electron chi connectivity index (χ1n) is 8.19. The van der Waals surface area contributed by atoms with Gasteiger partial charge >= 0.3 is 11.6 Å². The van der Waals surface area contributed by atoms with Crippen LogP contribution in [0.2, 0.25) is 0 Å². The van der Waals surface area contributed by atoms with Gasteiger partial charge in [-0.2, -0.15) is 0 Å². The van der Waals surface area contributed by atoms with E-state index in [9.17, 15) is 9.59 Å². The molecule has 0 bridgehead atoms. The molecule has 1 aromatic heterocycles. The third kappa shape index (κ3) is 2.69. The van der Waals surface area contributed by atoms with Crippen LogP contribution < -0.4 is 15.3 Å². The molecular formula is C20H17NO5. The molecule has 0 N–H and O–H groups in total. The van der Waals surface area contributed by atoms with Gasteiger partial charge in [0.15, 0.2) is 6.73 Å². The first-order chi connectivity index (χ1) is 12.6. The van der Waals surface area contributed by atoms with Crippen molar-refractivity contribution < 1.29 is 18.7 Å². The fourth-order valence-corrected chi connectivity index (χ4v) is 3.07. The number of aryl methyl sites for hydroxylation is 1. The van der Waals surface area contributed by atoms with Crippen LogP contribution in [0.5, 0.6) is 5.75 Å². The van der Waals surface area contributed by atoms with Crippen molar-refractivity contribution in [2.45, 2.75) is 13.5 Å². The highest BCUT2D eigenvalue weighted by Gasteiger charge is 2.23. The average molecular weight is 351 g/mol. The number of ether oxygens (including phenoxy) is 2. The van der Waals surface area contributed by atoms with Crippen LogP contribution in [0.4, 0.5) is 5.69 Å². The second-order valence-electron chi connectivity index (χ2n) is 6.21. The second kappa shape index (κ2) is 6.22. The van der Waals surface area contributed by atoms with Crippen LogP contribution in [0.3, 0.4) is 0 Å². The third-order valence-electron chi connectivity index (χ3n) is 4.49. The van der Waals surface area contributed by atoms with Crippen molar-refractivity contribution in [3.8, 4) is 5.75 Å². The highest BCUT2D eigenvalue weighted by molar-refractivity contribution is 5.94. The van der Waals surface area contributed by atoms with E-state index in [0.29, 0.717) is 30.0 Å². The van der Waals surface area contributed by atoms with Crippen LogP contribution in [0.15, 0.2) is 51.7 Å². The molecule has 0 saturated carbocycles. The fourth-order valence-electron chi connectivity index (χ4n) is 3.07. The van der Waals surface area contributed by atoms with Crippen molar-refractivity contribution in [2.75, 3.05) is 18.7 Å². The van der Waals surface area contributed by atoms with Crippen LogP contribution in [-0.2, 0) is 11.3 Å². The minimum atomic E-state index is -0.717. The summed E-state index contributed by atoms with van der Waals surface area (Å²) < 4.78 is 15.9. The van der Waals surface area contributed by atoms with Gasteiger partial charge in [0.2, 0.25) is 0 Å². The van der Waals surface area contributed by atoms with E-state index in [4.69, 9.17) is 9.15 Å². The van der Waals surface area contributed by atoms with E-state index in [1.54, 1.807) is 6.07 Å². The zero-order valence-electron chi connectivity index (χ0n) is 14.4. The minimum absolute atomic E-state index is 0.118. The fraction of sp³-hybridized carbons (Fsp3) is 0.200. The first kappa shape index (κ1) is 16.2. The smallest absolute Gasteiger partial charge is 0.351 e. The molecule has 3 aromatic rings. The molecule has 132 valence electrons. The normalized spacial score (nSPS) is 13.2. The van der Waals surface area contributed by atoms with Gasteiger partial charge in [0.05, 0.1) is 19.2 Å². The van der Waals surface area contributed by atoms with E-state index in [1.807, 2.05) is 37.3 Å². The zero-order valence-corrected chi connectivity index (χ0v) is 14.4. The number of anilines is 1. The summed E-state index contributed by atoms with van der Waals surface area (Å²) in [5.74, 6) is -0.0364. The Kier molecular flexibility index (Phi) is 3.88. The maximum Gasteiger partial charge on any atom is 0.351 e. The number of rotatable bonds is 2. The molecule has 0 spiro atoms. The molecule has 0 fully saturated rings. The van der Waals surface area contributed by atoms with Crippen molar-refractivity contribution in [3.05, 3.63) is 69.6 Å². The number of benzene rings is 2. The van der Waals surface area contributed by atoms with Gasteiger partial charge in [0, 0.05) is 11.1 Å². The molecular weight excluding hydrogens is 334 g/mol. The van der Waals surface area contributed by atoms with Crippen LogP contribution in [-0.4, -0.2) is 19.8 Å². The predicted molar refractivity (Wildman–Crippen MR) is 96.7 cm³/mol. The highest BCUT2D eigenvalue weighted by Crippen LogP contribution is 2.33. The number of nitrogens with zero attached hydrogens (tertiary/aromatic N) is 1. The van der Waals surface area contributed by atoms with E-state index in [-0.39, 0.29) is 5.56 Å². The number of carbonyl (C=O) groups is 1. The van der Waals surface area contributed by atoms with Gasteiger partial charge in [0.25, 0.3) is 0 Å². The Hall–Kier alpha value is -3.28. The lowest BCUT2D eigenvalue weighted by Gasteiger charge is -2.31. The van der Waals surface area contributed by atoms with Crippen molar-refractivity contribution in [2.24, 2.45) is 0 Å². The van der Waals surface area contributed by atoms with E-state index in [2.05, 4.69) is 9.64 Å². The molecule has 0 unspecified atom stereocenters. The summed E-state index contributed by atoms with van der Waals surface area (Å²) in [5, 5.41) is 0.651. The molecule has 0 atom stereocenters. The third-order valence-corrected chi connectivity index (χ3v) is 4.49. The second-order valence-corrected chi connectivity index (χ2v) is 6.21.